The minimum atomic E-state index is -4.57. The molecule has 1 saturated heterocycles. The first-order valence-electron chi connectivity index (χ1n) is 3.50. The number of β-lactam (4-membered cyclic amide) rings is 1. The highest BCUT2D eigenvalue weighted by atomic mass is 79.9. The van der Waals surface area contributed by atoms with E-state index in [0.717, 1.165) is 0 Å². The quantitative estimate of drug-likeness (QED) is 0.535. The molecular formula is C6H5BrF3NO3. The maximum absolute atomic E-state index is 11.6. The molecule has 0 aromatic carbocycles. The van der Waals surface area contributed by atoms with Gasteiger partial charge in [0.15, 0.2) is 6.61 Å². The maximum Gasteiger partial charge on any atom is 0.422 e. The van der Waals surface area contributed by atoms with E-state index in [-0.39, 0.29) is 6.54 Å². The van der Waals surface area contributed by atoms with E-state index in [1.54, 1.807) is 0 Å². The van der Waals surface area contributed by atoms with Gasteiger partial charge < -0.3 is 4.74 Å². The second-order valence-electron chi connectivity index (χ2n) is 2.59. The van der Waals surface area contributed by atoms with Gasteiger partial charge in [0.2, 0.25) is 5.91 Å². The van der Waals surface area contributed by atoms with Crippen molar-refractivity contribution >= 4 is 27.9 Å². The van der Waals surface area contributed by atoms with Crippen LogP contribution in [0.1, 0.15) is 0 Å². The van der Waals surface area contributed by atoms with Crippen molar-refractivity contribution in [2.75, 3.05) is 13.2 Å². The minimum absolute atomic E-state index is 0.0372. The summed E-state index contributed by atoms with van der Waals surface area (Å²) in [7, 11) is 0. The number of hydrogen-bond donors (Lipinski definition) is 0. The molecule has 1 fully saturated rings. The van der Waals surface area contributed by atoms with Gasteiger partial charge in [0.1, 0.15) is 4.83 Å². The van der Waals surface area contributed by atoms with Crippen LogP contribution in [0.5, 0.6) is 0 Å². The number of nitrogens with zero attached hydrogens (tertiary/aromatic N) is 1. The summed E-state index contributed by atoms with van der Waals surface area (Å²) in [5, 5.41) is 0. The maximum atomic E-state index is 11.6. The van der Waals surface area contributed by atoms with Crippen molar-refractivity contribution in [3.8, 4) is 0 Å². The first-order valence-corrected chi connectivity index (χ1v) is 4.42. The number of hydrogen-bond acceptors (Lipinski definition) is 3. The van der Waals surface area contributed by atoms with E-state index in [1.165, 1.54) is 0 Å². The fraction of sp³-hybridized carbons (Fsp3) is 0.667. The van der Waals surface area contributed by atoms with Gasteiger partial charge in [-0.15, -0.1) is 0 Å². The first kappa shape index (κ1) is 11.3. The van der Waals surface area contributed by atoms with Crippen LogP contribution in [0.3, 0.4) is 0 Å². The number of alkyl halides is 4. The van der Waals surface area contributed by atoms with Crippen molar-refractivity contribution in [2.45, 2.75) is 11.0 Å². The largest absolute Gasteiger partial charge is 0.439 e. The first-order chi connectivity index (χ1) is 6.31. The molecule has 1 unspecified atom stereocenters. The monoisotopic (exact) mass is 275 g/mol. The number of carbonyl (C=O) groups is 2. The standard InChI is InChI=1S/C6H5BrF3NO3/c7-3-1-11(4(3)12)5(13)14-2-6(8,9)10/h3H,1-2H2. The predicted octanol–water partition coefficient (Wildman–Crippen LogP) is 1.29. The van der Waals surface area contributed by atoms with E-state index >= 15 is 0 Å². The summed E-state index contributed by atoms with van der Waals surface area (Å²) in [4.78, 5) is 21.7. The van der Waals surface area contributed by atoms with Crippen molar-refractivity contribution in [3.05, 3.63) is 0 Å². The zero-order valence-electron chi connectivity index (χ0n) is 6.68. The SMILES string of the molecule is O=C(OCC(F)(F)F)N1CC(Br)C1=O. The van der Waals surface area contributed by atoms with Crippen molar-refractivity contribution < 1.29 is 27.5 Å². The Morgan fingerprint density at radius 2 is 2.21 bits per heavy atom. The third-order valence-electron chi connectivity index (χ3n) is 1.46. The number of halogens is 4. The summed E-state index contributed by atoms with van der Waals surface area (Å²) in [6.45, 7) is -1.64. The van der Waals surface area contributed by atoms with Crippen LogP contribution in [0.4, 0.5) is 18.0 Å². The molecule has 0 aromatic rings. The van der Waals surface area contributed by atoms with Crippen LogP contribution in [0.15, 0.2) is 0 Å². The van der Waals surface area contributed by atoms with Crippen molar-refractivity contribution in [3.63, 3.8) is 0 Å². The van der Waals surface area contributed by atoms with Gasteiger partial charge in [-0.25, -0.2) is 9.69 Å². The van der Waals surface area contributed by atoms with Crippen molar-refractivity contribution in [1.29, 1.82) is 0 Å². The van der Waals surface area contributed by atoms with Gasteiger partial charge in [-0.05, 0) is 0 Å². The van der Waals surface area contributed by atoms with E-state index in [0.29, 0.717) is 4.90 Å². The summed E-state index contributed by atoms with van der Waals surface area (Å²) >= 11 is 2.90. The summed E-state index contributed by atoms with van der Waals surface area (Å²) in [5.41, 5.74) is 0. The Morgan fingerprint density at radius 1 is 1.64 bits per heavy atom. The fourth-order valence-corrected chi connectivity index (χ4v) is 1.31. The lowest BCUT2D eigenvalue weighted by Gasteiger charge is -2.32. The topological polar surface area (TPSA) is 46.6 Å². The molecule has 0 radical (unpaired) electrons. The Labute approximate surface area is 85.1 Å². The van der Waals surface area contributed by atoms with E-state index in [2.05, 4.69) is 20.7 Å². The van der Waals surface area contributed by atoms with Crippen LogP contribution in [0.25, 0.3) is 0 Å². The highest BCUT2D eigenvalue weighted by Gasteiger charge is 2.41. The Morgan fingerprint density at radius 3 is 2.57 bits per heavy atom. The number of imide groups is 1. The molecule has 14 heavy (non-hydrogen) atoms. The Kier molecular flexibility index (Phi) is 3.03. The minimum Gasteiger partial charge on any atom is -0.439 e. The highest BCUT2D eigenvalue weighted by molar-refractivity contribution is 9.10. The summed E-state index contributed by atoms with van der Waals surface area (Å²) in [5.74, 6) is -0.586. The molecule has 4 nitrogen and oxygen atoms in total. The molecule has 0 bridgehead atoms. The average molecular weight is 276 g/mol. The molecule has 2 amide bonds. The van der Waals surface area contributed by atoms with Gasteiger partial charge in [-0.1, -0.05) is 15.9 Å². The molecular weight excluding hydrogens is 271 g/mol. The molecule has 0 spiro atoms. The van der Waals surface area contributed by atoms with Crippen molar-refractivity contribution in [2.24, 2.45) is 0 Å². The van der Waals surface area contributed by atoms with Gasteiger partial charge in [0.25, 0.3) is 0 Å². The fourth-order valence-electron chi connectivity index (χ4n) is 0.771. The number of likely N-dealkylation sites (tertiary alicyclic amines) is 1. The van der Waals surface area contributed by atoms with Crippen LogP contribution < -0.4 is 0 Å². The molecule has 80 valence electrons. The molecule has 0 aliphatic carbocycles. The molecule has 0 saturated carbocycles. The summed E-state index contributed by atoms with van der Waals surface area (Å²) in [6.07, 6.45) is -5.83. The van der Waals surface area contributed by atoms with Gasteiger partial charge in [-0.2, -0.15) is 13.2 Å². The lowest BCUT2D eigenvalue weighted by molar-refractivity contribution is -0.165. The average Bonchev–Trinajstić information content (AvgIpc) is 2.08. The second-order valence-corrected chi connectivity index (χ2v) is 3.69. The summed E-state index contributed by atoms with van der Waals surface area (Å²) < 4.78 is 38.6. The van der Waals surface area contributed by atoms with Crippen LogP contribution in [0, 0.1) is 0 Å². The highest BCUT2D eigenvalue weighted by Crippen LogP contribution is 2.20. The van der Waals surface area contributed by atoms with Crippen LogP contribution >= 0.6 is 15.9 Å². The molecule has 8 heteroatoms. The van der Waals surface area contributed by atoms with Crippen LogP contribution in [-0.4, -0.2) is 41.1 Å². The van der Waals surface area contributed by atoms with E-state index in [1.807, 2.05) is 0 Å². The number of ether oxygens (including phenoxy) is 1. The van der Waals surface area contributed by atoms with E-state index in [4.69, 9.17) is 0 Å². The van der Waals surface area contributed by atoms with Crippen LogP contribution in [-0.2, 0) is 9.53 Å². The second kappa shape index (κ2) is 3.76. The Bertz CT molecular complexity index is 268. The molecule has 1 heterocycles. The number of carbonyl (C=O) groups excluding carboxylic acids is 2. The number of amides is 2. The van der Waals surface area contributed by atoms with Gasteiger partial charge in [0, 0.05) is 0 Å². The zero-order chi connectivity index (χ0) is 10.9. The van der Waals surface area contributed by atoms with Crippen LogP contribution in [0.2, 0.25) is 0 Å². The van der Waals surface area contributed by atoms with E-state index < -0.39 is 29.6 Å². The predicted molar refractivity (Wildman–Crippen MR) is 41.8 cm³/mol. The number of rotatable bonds is 1. The molecule has 0 N–H and O–H groups in total. The molecule has 0 aromatic heterocycles. The molecule has 1 rings (SSSR count). The van der Waals surface area contributed by atoms with Gasteiger partial charge >= 0.3 is 12.3 Å². The normalized spacial score (nSPS) is 21.9. The van der Waals surface area contributed by atoms with E-state index in [9.17, 15) is 22.8 Å². The Balaban J connectivity index is 2.34. The van der Waals surface area contributed by atoms with Gasteiger partial charge in [-0.3, -0.25) is 4.79 Å². The summed E-state index contributed by atoms with van der Waals surface area (Å²) in [6, 6.07) is 0. The third kappa shape index (κ3) is 2.60. The third-order valence-corrected chi connectivity index (χ3v) is 2.14. The lowest BCUT2D eigenvalue weighted by atomic mass is 10.2. The van der Waals surface area contributed by atoms with Crippen molar-refractivity contribution in [1.82, 2.24) is 4.90 Å². The van der Waals surface area contributed by atoms with Gasteiger partial charge in [0.05, 0.1) is 6.54 Å². The smallest absolute Gasteiger partial charge is 0.422 e. The zero-order valence-corrected chi connectivity index (χ0v) is 8.26. The lowest BCUT2D eigenvalue weighted by Crippen LogP contribution is -2.56. The Hall–Kier alpha value is -0.790. The molecule has 1 atom stereocenters. The molecule has 1 aliphatic rings. The molecule has 1 aliphatic heterocycles.